The van der Waals surface area contributed by atoms with Crippen molar-refractivity contribution >= 4 is 0 Å². The van der Waals surface area contributed by atoms with Gasteiger partial charge in [-0.2, -0.15) is 0 Å². The Morgan fingerprint density at radius 1 is 1.39 bits per heavy atom. The third kappa shape index (κ3) is 2.93. The van der Waals surface area contributed by atoms with Crippen LogP contribution in [0.1, 0.15) is 43.9 Å². The van der Waals surface area contributed by atoms with Crippen LogP contribution < -0.4 is 5.32 Å². The summed E-state index contributed by atoms with van der Waals surface area (Å²) >= 11 is 0. The zero-order valence-corrected chi connectivity index (χ0v) is 11.8. The number of rotatable bonds is 5. The van der Waals surface area contributed by atoms with Gasteiger partial charge in [-0.3, -0.25) is 0 Å². The van der Waals surface area contributed by atoms with E-state index >= 15 is 0 Å². The summed E-state index contributed by atoms with van der Waals surface area (Å²) in [4.78, 5) is 0. The van der Waals surface area contributed by atoms with Gasteiger partial charge in [0.05, 0.1) is 6.10 Å². The summed E-state index contributed by atoms with van der Waals surface area (Å²) in [6.45, 7) is 8.60. The molecule has 1 aromatic rings. The maximum Gasteiger partial charge on any atom is 0.0594 e. The fraction of sp³-hybridized carbons (Fsp3) is 0.625. The molecule has 1 saturated heterocycles. The molecule has 0 amide bonds. The van der Waals surface area contributed by atoms with Gasteiger partial charge in [-0.15, -0.1) is 0 Å². The Bertz CT molecular complexity index is 377. The van der Waals surface area contributed by atoms with Gasteiger partial charge in [0.25, 0.3) is 0 Å². The topological polar surface area (TPSA) is 21.3 Å². The van der Waals surface area contributed by atoms with Crippen LogP contribution in [0.4, 0.5) is 0 Å². The first-order valence-electron chi connectivity index (χ1n) is 7.14. The van der Waals surface area contributed by atoms with E-state index in [0.29, 0.717) is 18.1 Å². The molecular weight excluding hydrogens is 222 g/mol. The molecule has 1 aliphatic heterocycles. The van der Waals surface area contributed by atoms with E-state index in [9.17, 15) is 0 Å². The van der Waals surface area contributed by atoms with Gasteiger partial charge in [-0.1, -0.05) is 31.2 Å². The predicted molar refractivity (Wildman–Crippen MR) is 75.7 cm³/mol. The number of ether oxygens (including phenoxy) is 1. The van der Waals surface area contributed by atoms with Gasteiger partial charge < -0.3 is 10.1 Å². The van der Waals surface area contributed by atoms with Crippen molar-refractivity contribution in [3.05, 3.63) is 35.4 Å². The molecule has 0 spiro atoms. The number of hydrogen-bond acceptors (Lipinski definition) is 2. The Balaban J connectivity index is 2.21. The second-order valence-electron chi connectivity index (χ2n) is 5.32. The van der Waals surface area contributed by atoms with Gasteiger partial charge in [0.1, 0.15) is 0 Å². The minimum absolute atomic E-state index is 0.360. The van der Waals surface area contributed by atoms with Crippen LogP contribution in [0.2, 0.25) is 0 Å². The quantitative estimate of drug-likeness (QED) is 0.860. The third-order valence-corrected chi connectivity index (χ3v) is 4.00. The molecule has 0 aliphatic carbocycles. The largest absolute Gasteiger partial charge is 0.378 e. The number of aryl methyl sites for hydroxylation is 1. The fourth-order valence-electron chi connectivity index (χ4n) is 2.91. The molecule has 1 fully saturated rings. The van der Waals surface area contributed by atoms with E-state index in [0.717, 1.165) is 19.6 Å². The van der Waals surface area contributed by atoms with Gasteiger partial charge in [-0.05, 0) is 44.4 Å². The Morgan fingerprint density at radius 2 is 2.17 bits per heavy atom. The van der Waals surface area contributed by atoms with Crippen LogP contribution in [-0.4, -0.2) is 19.3 Å². The van der Waals surface area contributed by atoms with Gasteiger partial charge in [-0.25, -0.2) is 0 Å². The van der Waals surface area contributed by atoms with Crippen molar-refractivity contribution in [3.8, 4) is 0 Å². The molecule has 2 heteroatoms. The third-order valence-electron chi connectivity index (χ3n) is 4.00. The number of nitrogens with one attached hydrogen (secondary N) is 1. The Kier molecular flexibility index (Phi) is 4.79. The molecule has 2 nitrogen and oxygen atoms in total. The molecular formula is C16H25NO. The highest BCUT2D eigenvalue weighted by Crippen LogP contribution is 2.34. The molecule has 1 aliphatic rings. The van der Waals surface area contributed by atoms with Crippen LogP contribution in [0.5, 0.6) is 0 Å². The fourth-order valence-corrected chi connectivity index (χ4v) is 2.91. The van der Waals surface area contributed by atoms with Crippen molar-refractivity contribution in [1.29, 1.82) is 0 Å². The summed E-state index contributed by atoms with van der Waals surface area (Å²) in [6, 6.07) is 9.15. The van der Waals surface area contributed by atoms with Crippen molar-refractivity contribution in [2.75, 3.05) is 13.2 Å². The lowest BCUT2D eigenvalue weighted by Gasteiger charge is -2.28. The number of benzene rings is 1. The average molecular weight is 247 g/mol. The van der Waals surface area contributed by atoms with E-state index in [1.807, 2.05) is 0 Å². The maximum absolute atomic E-state index is 5.75. The van der Waals surface area contributed by atoms with Crippen LogP contribution in [0.25, 0.3) is 0 Å². The van der Waals surface area contributed by atoms with E-state index < -0.39 is 0 Å². The van der Waals surface area contributed by atoms with E-state index in [-0.39, 0.29) is 0 Å². The summed E-state index contributed by atoms with van der Waals surface area (Å²) in [5.74, 6) is 0.595. The average Bonchev–Trinajstić information content (AvgIpc) is 2.78. The van der Waals surface area contributed by atoms with Crippen molar-refractivity contribution in [2.24, 2.45) is 5.92 Å². The standard InChI is InChI=1S/C16H25NO/c1-4-10-17-16(15-9-11-18-13(15)3)14-8-6-5-7-12(14)2/h5-8,13,15-17H,4,9-11H2,1-3H3. The molecule has 3 unspecified atom stereocenters. The van der Waals surface area contributed by atoms with E-state index in [2.05, 4.69) is 50.4 Å². The Morgan fingerprint density at radius 3 is 2.78 bits per heavy atom. The lowest BCUT2D eigenvalue weighted by Crippen LogP contribution is -2.32. The highest BCUT2D eigenvalue weighted by molar-refractivity contribution is 5.29. The Hall–Kier alpha value is -0.860. The zero-order valence-electron chi connectivity index (χ0n) is 11.8. The molecule has 100 valence electrons. The first kappa shape index (κ1) is 13.6. The second-order valence-corrected chi connectivity index (χ2v) is 5.32. The van der Waals surface area contributed by atoms with E-state index in [1.54, 1.807) is 0 Å². The van der Waals surface area contributed by atoms with Crippen LogP contribution in [0, 0.1) is 12.8 Å². The molecule has 3 atom stereocenters. The molecule has 1 N–H and O–H groups in total. The summed E-state index contributed by atoms with van der Waals surface area (Å²) in [7, 11) is 0. The highest BCUT2D eigenvalue weighted by atomic mass is 16.5. The van der Waals surface area contributed by atoms with Crippen molar-refractivity contribution in [1.82, 2.24) is 5.32 Å². The van der Waals surface area contributed by atoms with Gasteiger partial charge in [0.2, 0.25) is 0 Å². The monoisotopic (exact) mass is 247 g/mol. The van der Waals surface area contributed by atoms with Crippen LogP contribution in [-0.2, 0) is 4.74 Å². The highest BCUT2D eigenvalue weighted by Gasteiger charge is 2.32. The van der Waals surface area contributed by atoms with Crippen LogP contribution >= 0.6 is 0 Å². The molecule has 2 rings (SSSR count). The van der Waals surface area contributed by atoms with Crippen molar-refractivity contribution < 1.29 is 4.74 Å². The maximum atomic E-state index is 5.75. The van der Waals surface area contributed by atoms with Gasteiger partial charge >= 0.3 is 0 Å². The van der Waals surface area contributed by atoms with E-state index in [1.165, 1.54) is 17.5 Å². The smallest absolute Gasteiger partial charge is 0.0594 e. The molecule has 0 saturated carbocycles. The predicted octanol–water partition coefficient (Wildman–Crippen LogP) is 3.46. The molecule has 0 bridgehead atoms. The minimum Gasteiger partial charge on any atom is -0.378 e. The molecule has 1 aromatic carbocycles. The lowest BCUT2D eigenvalue weighted by atomic mass is 9.86. The van der Waals surface area contributed by atoms with Gasteiger partial charge in [0.15, 0.2) is 0 Å². The van der Waals surface area contributed by atoms with Gasteiger partial charge in [0, 0.05) is 18.6 Å². The first-order chi connectivity index (χ1) is 8.74. The minimum atomic E-state index is 0.360. The summed E-state index contributed by atoms with van der Waals surface area (Å²) in [6.07, 6.45) is 2.69. The normalized spacial score (nSPS) is 25.3. The first-order valence-corrected chi connectivity index (χ1v) is 7.14. The number of hydrogen-bond donors (Lipinski definition) is 1. The van der Waals surface area contributed by atoms with Crippen LogP contribution in [0.3, 0.4) is 0 Å². The molecule has 18 heavy (non-hydrogen) atoms. The summed E-state index contributed by atoms with van der Waals surface area (Å²) in [5, 5.41) is 3.72. The summed E-state index contributed by atoms with van der Waals surface area (Å²) < 4.78 is 5.75. The van der Waals surface area contributed by atoms with Crippen molar-refractivity contribution in [2.45, 2.75) is 45.8 Å². The molecule has 1 heterocycles. The van der Waals surface area contributed by atoms with E-state index in [4.69, 9.17) is 4.74 Å². The second kappa shape index (κ2) is 6.35. The zero-order chi connectivity index (χ0) is 13.0. The molecule has 0 aromatic heterocycles. The SMILES string of the molecule is CCCNC(c1ccccc1C)C1CCOC1C. The molecule has 0 radical (unpaired) electrons. The lowest BCUT2D eigenvalue weighted by molar-refractivity contribution is 0.0953. The van der Waals surface area contributed by atoms with Crippen molar-refractivity contribution in [3.63, 3.8) is 0 Å². The van der Waals surface area contributed by atoms with Crippen LogP contribution in [0.15, 0.2) is 24.3 Å². The Labute approximate surface area is 111 Å². The summed E-state index contributed by atoms with van der Waals surface area (Å²) in [5.41, 5.74) is 2.82.